The van der Waals surface area contributed by atoms with Crippen LogP contribution in [0.1, 0.15) is 6.92 Å². The molecule has 0 aromatic carbocycles. The zero-order valence-corrected chi connectivity index (χ0v) is 7.69. The molecule has 1 heterocycles. The second-order valence-corrected chi connectivity index (χ2v) is 3.19. The molecule has 12 heavy (non-hydrogen) atoms. The van der Waals surface area contributed by atoms with Crippen molar-refractivity contribution in [2.24, 2.45) is 0 Å². The van der Waals surface area contributed by atoms with Crippen LogP contribution in [0.3, 0.4) is 0 Å². The van der Waals surface area contributed by atoms with E-state index < -0.39 is 6.29 Å². The molecule has 1 aliphatic rings. The molecule has 2 atom stereocenters. The summed E-state index contributed by atoms with van der Waals surface area (Å²) < 4.78 is 10.5. The highest BCUT2D eigenvalue weighted by Gasteiger charge is 2.17. The Bertz CT molecular complexity index is 129. The van der Waals surface area contributed by atoms with E-state index in [1.807, 2.05) is 7.05 Å². The molecule has 1 fully saturated rings. The van der Waals surface area contributed by atoms with Crippen LogP contribution in [0.15, 0.2) is 0 Å². The number of hydrogen-bond acceptors (Lipinski definition) is 4. The van der Waals surface area contributed by atoms with E-state index in [1.165, 1.54) is 0 Å². The predicted molar refractivity (Wildman–Crippen MR) is 44.9 cm³/mol. The number of hydrogen-bond donors (Lipinski definition) is 1. The van der Waals surface area contributed by atoms with Gasteiger partial charge in [-0.2, -0.15) is 0 Å². The van der Waals surface area contributed by atoms with Crippen molar-refractivity contribution in [1.82, 2.24) is 4.90 Å². The zero-order valence-electron chi connectivity index (χ0n) is 7.69. The Balaban J connectivity index is 2.31. The fourth-order valence-electron chi connectivity index (χ4n) is 1.29. The lowest BCUT2D eigenvalue weighted by Gasteiger charge is -2.20. The zero-order chi connectivity index (χ0) is 8.97. The SMILES string of the molecule is CC(O)OC1COCCN(C)C1. The molecule has 72 valence electrons. The van der Waals surface area contributed by atoms with Gasteiger partial charge in [0.25, 0.3) is 0 Å². The van der Waals surface area contributed by atoms with E-state index in [0.717, 1.165) is 19.7 Å². The average molecular weight is 175 g/mol. The first-order valence-corrected chi connectivity index (χ1v) is 4.28. The van der Waals surface area contributed by atoms with E-state index in [-0.39, 0.29) is 6.10 Å². The third kappa shape index (κ3) is 3.49. The molecular weight excluding hydrogens is 158 g/mol. The second kappa shape index (κ2) is 4.77. The predicted octanol–water partition coefficient (Wildman–Crippen LogP) is -0.328. The largest absolute Gasteiger partial charge is 0.377 e. The molecule has 0 aromatic heterocycles. The lowest BCUT2D eigenvalue weighted by Crippen LogP contribution is -2.33. The van der Waals surface area contributed by atoms with E-state index in [2.05, 4.69) is 4.90 Å². The van der Waals surface area contributed by atoms with Crippen LogP contribution >= 0.6 is 0 Å². The van der Waals surface area contributed by atoms with Crippen molar-refractivity contribution in [3.8, 4) is 0 Å². The van der Waals surface area contributed by atoms with E-state index in [4.69, 9.17) is 14.6 Å². The number of ether oxygens (including phenoxy) is 2. The minimum atomic E-state index is -0.704. The van der Waals surface area contributed by atoms with Crippen LogP contribution < -0.4 is 0 Å². The van der Waals surface area contributed by atoms with Crippen LogP contribution in [0.5, 0.6) is 0 Å². The van der Waals surface area contributed by atoms with Crippen LogP contribution in [0.4, 0.5) is 0 Å². The Morgan fingerprint density at radius 1 is 1.67 bits per heavy atom. The Morgan fingerprint density at radius 2 is 2.42 bits per heavy atom. The van der Waals surface area contributed by atoms with Gasteiger partial charge in [0.05, 0.1) is 19.3 Å². The fraction of sp³-hybridized carbons (Fsp3) is 1.00. The molecule has 0 amide bonds. The van der Waals surface area contributed by atoms with Gasteiger partial charge in [0.15, 0.2) is 6.29 Å². The summed E-state index contributed by atoms with van der Waals surface area (Å²) in [4.78, 5) is 2.14. The van der Waals surface area contributed by atoms with Gasteiger partial charge >= 0.3 is 0 Å². The molecule has 0 radical (unpaired) electrons. The summed E-state index contributed by atoms with van der Waals surface area (Å²) in [6, 6.07) is 0. The first-order valence-electron chi connectivity index (χ1n) is 4.28. The van der Waals surface area contributed by atoms with Gasteiger partial charge in [0.2, 0.25) is 0 Å². The fourth-order valence-corrected chi connectivity index (χ4v) is 1.29. The smallest absolute Gasteiger partial charge is 0.152 e. The van der Waals surface area contributed by atoms with Crippen molar-refractivity contribution in [2.45, 2.75) is 19.3 Å². The van der Waals surface area contributed by atoms with Gasteiger partial charge in [-0.1, -0.05) is 0 Å². The summed E-state index contributed by atoms with van der Waals surface area (Å²) in [6.07, 6.45) is -0.706. The van der Waals surface area contributed by atoms with Crippen molar-refractivity contribution < 1.29 is 14.6 Å². The summed E-state index contributed by atoms with van der Waals surface area (Å²) in [5.41, 5.74) is 0. The Morgan fingerprint density at radius 3 is 3.08 bits per heavy atom. The van der Waals surface area contributed by atoms with Crippen LogP contribution in [0.25, 0.3) is 0 Å². The molecule has 1 saturated heterocycles. The van der Waals surface area contributed by atoms with Gasteiger partial charge in [-0.15, -0.1) is 0 Å². The van der Waals surface area contributed by atoms with Crippen LogP contribution in [-0.2, 0) is 9.47 Å². The number of nitrogens with zero attached hydrogens (tertiary/aromatic N) is 1. The first kappa shape index (κ1) is 9.92. The number of aliphatic hydroxyl groups is 1. The summed E-state index contributed by atoms with van der Waals surface area (Å²) in [5.74, 6) is 0. The van der Waals surface area contributed by atoms with E-state index >= 15 is 0 Å². The minimum Gasteiger partial charge on any atom is -0.377 e. The van der Waals surface area contributed by atoms with Crippen LogP contribution in [0, 0.1) is 0 Å². The first-order chi connectivity index (χ1) is 5.68. The third-order valence-corrected chi connectivity index (χ3v) is 1.83. The molecule has 4 heteroatoms. The van der Waals surface area contributed by atoms with Crippen molar-refractivity contribution in [3.05, 3.63) is 0 Å². The topological polar surface area (TPSA) is 41.9 Å². The Hall–Kier alpha value is -0.160. The highest BCUT2D eigenvalue weighted by molar-refractivity contribution is 4.66. The molecule has 1 aliphatic heterocycles. The monoisotopic (exact) mass is 175 g/mol. The standard InChI is InChI=1S/C8H17NO3/c1-7(10)12-8-5-9(2)3-4-11-6-8/h7-8,10H,3-6H2,1-2H3. The lowest BCUT2D eigenvalue weighted by atomic mass is 10.3. The van der Waals surface area contributed by atoms with Crippen molar-refractivity contribution >= 4 is 0 Å². The molecule has 1 rings (SSSR count). The van der Waals surface area contributed by atoms with Crippen LogP contribution in [0.2, 0.25) is 0 Å². The number of likely N-dealkylation sites (N-methyl/N-ethyl adjacent to an activating group) is 1. The molecule has 0 aromatic rings. The quantitative estimate of drug-likeness (QED) is 0.584. The van der Waals surface area contributed by atoms with Gasteiger partial charge in [-0.25, -0.2) is 0 Å². The minimum absolute atomic E-state index is 0.00231. The average Bonchev–Trinajstić information content (AvgIpc) is 2.12. The van der Waals surface area contributed by atoms with E-state index in [0.29, 0.717) is 6.61 Å². The molecule has 2 unspecified atom stereocenters. The van der Waals surface area contributed by atoms with Crippen molar-refractivity contribution in [3.63, 3.8) is 0 Å². The van der Waals surface area contributed by atoms with E-state index in [1.54, 1.807) is 6.92 Å². The van der Waals surface area contributed by atoms with Gasteiger partial charge < -0.3 is 19.5 Å². The highest BCUT2D eigenvalue weighted by atomic mass is 16.6. The van der Waals surface area contributed by atoms with Crippen molar-refractivity contribution in [2.75, 3.05) is 33.4 Å². The maximum Gasteiger partial charge on any atom is 0.152 e. The summed E-state index contributed by atoms with van der Waals surface area (Å²) in [5, 5.41) is 8.99. The van der Waals surface area contributed by atoms with E-state index in [9.17, 15) is 0 Å². The molecule has 0 aliphatic carbocycles. The maximum atomic E-state index is 8.99. The van der Waals surface area contributed by atoms with Gasteiger partial charge in [0, 0.05) is 13.1 Å². The molecular formula is C8H17NO3. The molecule has 1 N–H and O–H groups in total. The Labute approximate surface area is 73.1 Å². The van der Waals surface area contributed by atoms with Gasteiger partial charge in [-0.05, 0) is 14.0 Å². The lowest BCUT2D eigenvalue weighted by molar-refractivity contribution is -0.139. The highest BCUT2D eigenvalue weighted by Crippen LogP contribution is 2.03. The number of rotatable bonds is 2. The van der Waals surface area contributed by atoms with Crippen molar-refractivity contribution in [1.29, 1.82) is 0 Å². The summed E-state index contributed by atoms with van der Waals surface area (Å²) in [6.45, 7) is 4.70. The maximum absolute atomic E-state index is 8.99. The molecule has 0 bridgehead atoms. The number of aliphatic hydroxyl groups excluding tert-OH is 1. The molecule has 0 saturated carbocycles. The molecule has 0 spiro atoms. The molecule has 4 nitrogen and oxygen atoms in total. The second-order valence-electron chi connectivity index (χ2n) is 3.19. The Kier molecular flexibility index (Phi) is 3.94. The third-order valence-electron chi connectivity index (χ3n) is 1.83. The van der Waals surface area contributed by atoms with Crippen LogP contribution in [-0.4, -0.2) is 55.8 Å². The summed E-state index contributed by atoms with van der Waals surface area (Å²) in [7, 11) is 2.02. The summed E-state index contributed by atoms with van der Waals surface area (Å²) >= 11 is 0. The van der Waals surface area contributed by atoms with Gasteiger partial charge in [-0.3, -0.25) is 0 Å². The van der Waals surface area contributed by atoms with Gasteiger partial charge in [0.1, 0.15) is 0 Å². The normalized spacial score (nSPS) is 29.8.